The lowest BCUT2D eigenvalue weighted by Gasteiger charge is -2.22. The van der Waals surface area contributed by atoms with Crippen LogP contribution in [0.4, 0.5) is 8.78 Å². The molecule has 1 aliphatic rings. The first-order valence-corrected chi connectivity index (χ1v) is 19.6. The van der Waals surface area contributed by atoms with Crippen LogP contribution in [0.15, 0.2) is 121 Å². The standard InChI is InChI=1S/C49H48F2N2O2/c1-32(21-22-35-27-39(51)30-47(49(35)55)53-45-19-9-7-17-43(45)44-18-8-10-20-46(44)53)12-11-25-52(2)31-37-29-38(50)28-36(48(37)54)26-34-24-23-33-13-3-4-14-40(33)42-16-6-5-15-41(34)42/h3-10,13-20,27-30,32,34,54-55H,11-12,21-26,31H2,1-2H3. The number of nitrogens with zero attached hydrogens (tertiary/aromatic N) is 2. The van der Waals surface area contributed by atoms with Gasteiger partial charge in [-0.05, 0) is 134 Å². The lowest BCUT2D eigenvalue weighted by molar-refractivity contribution is 0.299. The Morgan fingerprint density at radius 3 is 2.09 bits per heavy atom. The first kappa shape index (κ1) is 36.5. The number of aryl methyl sites for hydroxylation is 2. The number of aromatic nitrogens is 1. The molecule has 6 heteroatoms. The summed E-state index contributed by atoms with van der Waals surface area (Å²) in [4.78, 5) is 2.14. The van der Waals surface area contributed by atoms with E-state index in [1.807, 2.05) is 48.0 Å². The third-order valence-electron chi connectivity index (χ3n) is 11.7. The van der Waals surface area contributed by atoms with Crippen LogP contribution in [0, 0.1) is 17.6 Å². The lowest BCUT2D eigenvalue weighted by Crippen LogP contribution is -2.20. The SMILES string of the molecule is CC(CCCN(C)Cc1cc(F)cc(CC2CCc3ccccc3-c3ccccc32)c1O)CCc1cc(F)cc(-n2c3ccccc3c3ccccc32)c1O. The predicted molar refractivity (Wildman–Crippen MR) is 220 cm³/mol. The normalized spacial score (nSPS) is 14.6. The third kappa shape index (κ3) is 7.48. The summed E-state index contributed by atoms with van der Waals surface area (Å²) in [5.41, 5.74) is 9.24. The molecule has 2 unspecified atom stereocenters. The van der Waals surface area contributed by atoms with E-state index in [0.717, 1.165) is 60.5 Å². The summed E-state index contributed by atoms with van der Waals surface area (Å²) in [6.45, 7) is 3.42. The summed E-state index contributed by atoms with van der Waals surface area (Å²) in [5.74, 6) is 0.121. The van der Waals surface area contributed by atoms with Gasteiger partial charge in [0.2, 0.25) is 0 Å². The average molecular weight is 735 g/mol. The molecule has 0 fully saturated rings. The van der Waals surface area contributed by atoms with E-state index in [1.165, 1.54) is 46.5 Å². The number of aromatic hydroxyl groups is 2. The summed E-state index contributed by atoms with van der Waals surface area (Å²) in [6, 6.07) is 38.9. The molecule has 0 saturated heterocycles. The maximum Gasteiger partial charge on any atom is 0.142 e. The molecule has 1 aliphatic carbocycles. The molecule has 7 aromatic rings. The minimum atomic E-state index is -0.368. The average Bonchev–Trinajstić information content (AvgIpc) is 3.43. The number of para-hydroxylation sites is 2. The Hall–Kier alpha value is -5.46. The van der Waals surface area contributed by atoms with Crippen LogP contribution >= 0.6 is 0 Å². The van der Waals surface area contributed by atoms with Crippen LogP contribution in [0.3, 0.4) is 0 Å². The van der Waals surface area contributed by atoms with Gasteiger partial charge in [0.25, 0.3) is 0 Å². The van der Waals surface area contributed by atoms with Gasteiger partial charge in [0.05, 0.1) is 16.7 Å². The molecular weight excluding hydrogens is 687 g/mol. The van der Waals surface area contributed by atoms with Crippen molar-refractivity contribution in [1.82, 2.24) is 9.47 Å². The van der Waals surface area contributed by atoms with E-state index >= 15 is 8.78 Å². The molecule has 4 nitrogen and oxygen atoms in total. The van der Waals surface area contributed by atoms with E-state index in [9.17, 15) is 10.2 Å². The number of hydrogen-bond donors (Lipinski definition) is 2. The highest BCUT2D eigenvalue weighted by Gasteiger charge is 2.25. The number of rotatable bonds is 12. The molecule has 280 valence electrons. The summed E-state index contributed by atoms with van der Waals surface area (Å²) in [5, 5.41) is 25.1. The fraction of sp³-hybridized carbons (Fsp3) is 0.265. The number of halogens is 2. The maximum absolute atomic E-state index is 15.1. The minimum Gasteiger partial charge on any atom is -0.507 e. The fourth-order valence-corrected chi connectivity index (χ4v) is 8.86. The highest BCUT2D eigenvalue weighted by molar-refractivity contribution is 6.09. The van der Waals surface area contributed by atoms with Crippen LogP contribution in [0.25, 0.3) is 38.6 Å². The molecule has 1 heterocycles. The smallest absolute Gasteiger partial charge is 0.142 e. The predicted octanol–water partition coefficient (Wildman–Crippen LogP) is 11.9. The Kier molecular flexibility index (Phi) is 10.4. The van der Waals surface area contributed by atoms with Crippen LogP contribution in [-0.2, 0) is 25.8 Å². The van der Waals surface area contributed by atoms with Crippen LogP contribution < -0.4 is 0 Å². The Balaban J connectivity index is 0.893. The molecule has 0 radical (unpaired) electrons. The van der Waals surface area contributed by atoms with E-state index in [-0.39, 0.29) is 29.1 Å². The van der Waals surface area contributed by atoms with Gasteiger partial charge < -0.3 is 19.7 Å². The van der Waals surface area contributed by atoms with Gasteiger partial charge in [-0.2, -0.15) is 0 Å². The molecule has 0 aliphatic heterocycles. The van der Waals surface area contributed by atoms with Crippen molar-refractivity contribution in [2.75, 3.05) is 13.6 Å². The van der Waals surface area contributed by atoms with Gasteiger partial charge in [0.1, 0.15) is 23.1 Å². The highest BCUT2D eigenvalue weighted by atomic mass is 19.1. The van der Waals surface area contributed by atoms with E-state index in [0.29, 0.717) is 47.7 Å². The van der Waals surface area contributed by atoms with Crippen molar-refractivity contribution in [3.63, 3.8) is 0 Å². The molecule has 55 heavy (non-hydrogen) atoms. The van der Waals surface area contributed by atoms with E-state index in [2.05, 4.69) is 72.5 Å². The van der Waals surface area contributed by atoms with Gasteiger partial charge in [-0.3, -0.25) is 0 Å². The highest BCUT2D eigenvalue weighted by Crippen LogP contribution is 2.42. The minimum absolute atomic E-state index is 0.113. The van der Waals surface area contributed by atoms with E-state index in [1.54, 1.807) is 0 Å². The largest absolute Gasteiger partial charge is 0.507 e. The Morgan fingerprint density at radius 1 is 0.709 bits per heavy atom. The number of fused-ring (bicyclic) bond motifs is 6. The summed E-state index contributed by atoms with van der Waals surface area (Å²) in [6.07, 6.45) is 5.67. The second kappa shape index (κ2) is 15.7. The molecule has 6 aromatic carbocycles. The summed E-state index contributed by atoms with van der Waals surface area (Å²) in [7, 11) is 2.01. The van der Waals surface area contributed by atoms with Gasteiger partial charge in [0, 0.05) is 28.9 Å². The monoisotopic (exact) mass is 734 g/mol. The number of phenols is 2. The molecule has 2 N–H and O–H groups in total. The summed E-state index contributed by atoms with van der Waals surface area (Å²) < 4.78 is 32.2. The van der Waals surface area contributed by atoms with Crippen molar-refractivity contribution in [1.29, 1.82) is 0 Å². The first-order chi connectivity index (χ1) is 26.7. The van der Waals surface area contributed by atoms with Crippen LogP contribution in [0.1, 0.15) is 66.3 Å². The Labute approximate surface area is 322 Å². The molecule has 0 bridgehead atoms. The zero-order valence-corrected chi connectivity index (χ0v) is 31.6. The van der Waals surface area contributed by atoms with E-state index in [4.69, 9.17) is 0 Å². The number of benzene rings is 6. The zero-order valence-electron chi connectivity index (χ0n) is 31.6. The molecule has 8 rings (SSSR count). The van der Waals surface area contributed by atoms with Crippen molar-refractivity contribution < 1.29 is 19.0 Å². The number of phenolic OH excluding ortho intramolecular Hbond substituents is 2. The van der Waals surface area contributed by atoms with Crippen molar-refractivity contribution in [2.24, 2.45) is 5.92 Å². The third-order valence-corrected chi connectivity index (χ3v) is 11.7. The van der Waals surface area contributed by atoms with Gasteiger partial charge in [-0.15, -0.1) is 0 Å². The lowest BCUT2D eigenvalue weighted by atomic mass is 9.86. The molecule has 0 saturated carbocycles. The van der Waals surface area contributed by atoms with Crippen LogP contribution in [-0.4, -0.2) is 33.3 Å². The summed E-state index contributed by atoms with van der Waals surface area (Å²) >= 11 is 0. The topological polar surface area (TPSA) is 48.6 Å². The van der Waals surface area contributed by atoms with Crippen molar-refractivity contribution >= 4 is 21.8 Å². The van der Waals surface area contributed by atoms with Crippen molar-refractivity contribution in [3.05, 3.63) is 161 Å². The van der Waals surface area contributed by atoms with Crippen LogP contribution in [0.2, 0.25) is 0 Å². The van der Waals surface area contributed by atoms with Crippen molar-refractivity contribution in [2.45, 2.75) is 64.3 Å². The molecule has 0 spiro atoms. The molecule has 0 amide bonds. The van der Waals surface area contributed by atoms with Crippen LogP contribution in [0.5, 0.6) is 11.5 Å². The molecule has 2 atom stereocenters. The second-order valence-electron chi connectivity index (χ2n) is 15.6. The van der Waals surface area contributed by atoms with Crippen molar-refractivity contribution in [3.8, 4) is 28.3 Å². The fourth-order valence-electron chi connectivity index (χ4n) is 8.86. The zero-order chi connectivity index (χ0) is 38.1. The Morgan fingerprint density at radius 2 is 1.33 bits per heavy atom. The molecular formula is C49H48F2N2O2. The first-order valence-electron chi connectivity index (χ1n) is 19.6. The second-order valence-corrected chi connectivity index (χ2v) is 15.6. The van der Waals surface area contributed by atoms with Gasteiger partial charge in [-0.1, -0.05) is 91.9 Å². The maximum atomic E-state index is 15.1. The molecule has 1 aromatic heterocycles. The van der Waals surface area contributed by atoms with Gasteiger partial charge in [0.15, 0.2) is 0 Å². The number of hydrogen-bond acceptors (Lipinski definition) is 3. The Bertz CT molecular complexity index is 2430. The van der Waals surface area contributed by atoms with Gasteiger partial charge in [-0.25, -0.2) is 8.78 Å². The quantitative estimate of drug-likeness (QED) is 0.131. The van der Waals surface area contributed by atoms with E-state index < -0.39 is 0 Å². The van der Waals surface area contributed by atoms with Gasteiger partial charge >= 0.3 is 0 Å².